The number of aliphatic hydroxyl groups is 1. The number of benzene rings is 3. The van der Waals surface area contributed by atoms with E-state index in [1.807, 2.05) is 30.9 Å². The molecule has 1 fully saturated rings. The quantitative estimate of drug-likeness (QED) is 0.297. The molecule has 3 aromatic carbocycles. The number of likely N-dealkylation sites (tertiary alicyclic amines) is 1. The van der Waals surface area contributed by atoms with Gasteiger partial charge in [0, 0.05) is 24.2 Å². The van der Waals surface area contributed by atoms with E-state index < -0.39 is 23.8 Å². The van der Waals surface area contributed by atoms with Gasteiger partial charge in [-0.1, -0.05) is 32.0 Å². The zero-order valence-electron chi connectivity index (χ0n) is 24.3. The third-order valence-electron chi connectivity index (χ3n) is 8.10. The number of carbonyl (C=O) groups is 2. The van der Waals surface area contributed by atoms with Crippen LogP contribution in [0.5, 0.6) is 17.2 Å². The van der Waals surface area contributed by atoms with Crippen LogP contribution >= 0.6 is 0 Å². The van der Waals surface area contributed by atoms with Crippen molar-refractivity contribution >= 4 is 17.6 Å². The number of halogens is 1. The molecule has 2 heterocycles. The van der Waals surface area contributed by atoms with Crippen LogP contribution in [0.1, 0.15) is 48.1 Å². The van der Waals surface area contributed by atoms with Crippen LogP contribution in [-0.2, 0) is 22.4 Å². The largest absolute Gasteiger partial charge is 0.491 e. The number of aryl methyl sites for hydroxylation is 2. The number of carboxylic acids is 1. The normalized spacial score (nSPS) is 19.7. The van der Waals surface area contributed by atoms with Crippen LogP contribution in [0.15, 0.2) is 54.6 Å². The first kappa shape index (κ1) is 30.3. The lowest BCUT2D eigenvalue weighted by molar-refractivity contribution is -0.143. The number of ether oxygens (including phenoxy) is 3. The molecule has 5 rings (SSSR count). The van der Waals surface area contributed by atoms with E-state index in [1.54, 1.807) is 30.3 Å². The van der Waals surface area contributed by atoms with E-state index in [1.165, 1.54) is 12.1 Å². The zero-order chi connectivity index (χ0) is 30.5. The monoisotopic (exact) mass is 592 g/mol. The topological polar surface area (TPSA) is 118 Å². The summed E-state index contributed by atoms with van der Waals surface area (Å²) in [5.74, 6) is -1.22. The van der Waals surface area contributed by atoms with Gasteiger partial charge in [0.15, 0.2) is 11.5 Å². The second kappa shape index (κ2) is 13.4. The summed E-state index contributed by atoms with van der Waals surface area (Å²) in [7, 11) is 0. The molecule has 0 radical (unpaired) electrons. The predicted octanol–water partition coefficient (Wildman–Crippen LogP) is 4.57. The first-order chi connectivity index (χ1) is 20.8. The molecule has 9 nitrogen and oxygen atoms in total. The fourth-order valence-electron chi connectivity index (χ4n) is 6.15. The van der Waals surface area contributed by atoms with Crippen LogP contribution < -0.4 is 19.5 Å². The van der Waals surface area contributed by atoms with E-state index in [2.05, 4.69) is 5.32 Å². The number of anilines is 1. The molecule has 0 aliphatic carbocycles. The number of amides is 1. The smallest absolute Gasteiger partial charge is 0.309 e. The van der Waals surface area contributed by atoms with Crippen molar-refractivity contribution in [2.75, 3.05) is 44.8 Å². The average molecular weight is 593 g/mol. The minimum atomic E-state index is -0.978. The molecule has 1 unspecified atom stereocenters. The minimum absolute atomic E-state index is 0.0675. The summed E-state index contributed by atoms with van der Waals surface area (Å²) in [6, 6.07) is 14.8. The molecule has 10 heteroatoms. The number of nitrogens with one attached hydrogen (secondary N) is 1. The Morgan fingerprint density at radius 3 is 2.26 bits per heavy atom. The molecule has 1 saturated heterocycles. The highest BCUT2D eigenvalue weighted by Crippen LogP contribution is 2.47. The third-order valence-corrected chi connectivity index (χ3v) is 8.10. The van der Waals surface area contributed by atoms with Gasteiger partial charge in [-0.05, 0) is 71.5 Å². The van der Waals surface area contributed by atoms with Crippen molar-refractivity contribution in [1.29, 1.82) is 0 Å². The molecule has 3 aromatic rings. The Kier molecular flexibility index (Phi) is 9.47. The Labute approximate surface area is 250 Å². The lowest BCUT2D eigenvalue weighted by Crippen LogP contribution is -2.35. The van der Waals surface area contributed by atoms with Crippen molar-refractivity contribution in [3.63, 3.8) is 0 Å². The standard InChI is InChI=1S/C33H37FN2O7/c1-3-20-15-24(34)16-21(4-2)31(20)35-29(38)19-36-18-26(23-7-10-27-28(17-23)43-14-13-42-27)30(33(39)40)32(36)22-5-8-25(9-6-22)41-12-11-37/h5-10,15-17,26,30,32,37H,3-4,11-14,18-19H2,1-2H3,(H,35,38)(H,39,40)/t26-,30?,32+/m1/s1. The summed E-state index contributed by atoms with van der Waals surface area (Å²) in [6.45, 7) is 4.93. The number of carbonyl (C=O) groups excluding carboxylic acids is 1. The van der Waals surface area contributed by atoms with Gasteiger partial charge in [-0.3, -0.25) is 14.5 Å². The van der Waals surface area contributed by atoms with Crippen LogP contribution in [-0.4, -0.2) is 66.5 Å². The third kappa shape index (κ3) is 6.60. The molecule has 228 valence electrons. The molecule has 3 atom stereocenters. The first-order valence-electron chi connectivity index (χ1n) is 14.6. The Morgan fingerprint density at radius 2 is 1.63 bits per heavy atom. The summed E-state index contributed by atoms with van der Waals surface area (Å²) < 4.78 is 31.1. The average Bonchev–Trinajstić information content (AvgIpc) is 3.39. The van der Waals surface area contributed by atoms with Gasteiger partial charge in [-0.25, -0.2) is 4.39 Å². The Balaban J connectivity index is 1.48. The van der Waals surface area contributed by atoms with Gasteiger partial charge in [-0.2, -0.15) is 0 Å². The zero-order valence-corrected chi connectivity index (χ0v) is 24.3. The van der Waals surface area contributed by atoms with Crippen molar-refractivity contribution in [1.82, 2.24) is 4.90 Å². The number of nitrogens with zero attached hydrogens (tertiary/aromatic N) is 1. The van der Waals surface area contributed by atoms with E-state index in [-0.39, 0.29) is 31.5 Å². The molecular formula is C33H37FN2O7. The number of aliphatic carboxylic acids is 1. The first-order valence-corrected chi connectivity index (χ1v) is 14.6. The lowest BCUT2D eigenvalue weighted by atomic mass is 9.82. The highest BCUT2D eigenvalue weighted by molar-refractivity contribution is 5.94. The van der Waals surface area contributed by atoms with Crippen LogP contribution in [0.25, 0.3) is 0 Å². The van der Waals surface area contributed by atoms with Crippen molar-refractivity contribution in [3.05, 3.63) is 82.7 Å². The maximum atomic E-state index is 14.2. The van der Waals surface area contributed by atoms with Crippen LogP contribution in [0.3, 0.4) is 0 Å². The molecule has 0 aromatic heterocycles. The number of hydrogen-bond donors (Lipinski definition) is 3. The lowest BCUT2D eigenvalue weighted by Gasteiger charge is -2.27. The van der Waals surface area contributed by atoms with E-state index in [0.29, 0.717) is 66.7 Å². The number of hydrogen-bond acceptors (Lipinski definition) is 7. The highest BCUT2D eigenvalue weighted by atomic mass is 19.1. The summed E-state index contributed by atoms with van der Waals surface area (Å²) in [4.78, 5) is 28.4. The van der Waals surface area contributed by atoms with E-state index in [9.17, 15) is 19.1 Å². The fraction of sp³-hybridized carbons (Fsp3) is 0.394. The number of fused-ring (bicyclic) bond motifs is 1. The molecular weight excluding hydrogens is 555 g/mol. The van der Waals surface area contributed by atoms with Crippen LogP contribution in [0, 0.1) is 11.7 Å². The number of carboxylic acid groups (broad SMARTS) is 1. The van der Waals surface area contributed by atoms with Gasteiger partial charge in [0.25, 0.3) is 0 Å². The molecule has 0 bridgehead atoms. The molecule has 2 aliphatic heterocycles. The molecule has 1 amide bonds. The molecule has 2 aliphatic rings. The Morgan fingerprint density at radius 1 is 0.977 bits per heavy atom. The highest BCUT2D eigenvalue weighted by Gasteiger charge is 2.48. The summed E-state index contributed by atoms with van der Waals surface area (Å²) >= 11 is 0. The predicted molar refractivity (Wildman–Crippen MR) is 158 cm³/mol. The van der Waals surface area contributed by atoms with Gasteiger partial charge < -0.3 is 29.7 Å². The van der Waals surface area contributed by atoms with E-state index >= 15 is 0 Å². The summed E-state index contributed by atoms with van der Waals surface area (Å²) in [6.07, 6.45) is 1.09. The Hall–Kier alpha value is -4.15. The number of aliphatic hydroxyl groups excluding tert-OH is 1. The van der Waals surface area contributed by atoms with Crippen LogP contribution in [0.2, 0.25) is 0 Å². The molecule has 3 N–H and O–H groups in total. The maximum absolute atomic E-state index is 14.2. The summed E-state index contributed by atoms with van der Waals surface area (Å²) in [5.41, 5.74) is 3.53. The number of rotatable bonds is 11. The maximum Gasteiger partial charge on any atom is 0.309 e. The van der Waals surface area contributed by atoms with Crippen LogP contribution in [0.4, 0.5) is 10.1 Å². The van der Waals surface area contributed by atoms with Crippen molar-refractivity contribution in [2.24, 2.45) is 5.92 Å². The molecule has 43 heavy (non-hydrogen) atoms. The summed E-state index contributed by atoms with van der Waals surface area (Å²) in [5, 5.41) is 22.7. The van der Waals surface area contributed by atoms with E-state index in [0.717, 1.165) is 11.1 Å². The van der Waals surface area contributed by atoms with Gasteiger partial charge in [-0.15, -0.1) is 0 Å². The molecule has 0 saturated carbocycles. The van der Waals surface area contributed by atoms with E-state index in [4.69, 9.17) is 19.3 Å². The van der Waals surface area contributed by atoms with Crippen molar-refractivity contribution < 1.29 is 38.4 Å². The molecule has 0 spiro atoms. The van der Waals surface area contributed by atoms with Crippen molar-refractivity contribution in [2.45, 2.75) is 38.6 Å². The van der Waals surface area contributed by atoms with Gasteiger partial charge in [0.1, 0.15) is 31.4 Å². The van der Waals surface area contributed by atoms with Gasteiger partial charge in [0.2, 0.25) is 5.91 Å². The minimum Gasteiger partial charge on any atom is -0.491 e. The van der Waals surface area contributed by atoms with Crippen molar-refractivity contribution in [3.8, 4) is 17.2 Å². The SMILES string of the molecule is CCc1cc(F)cc(CC)c1NC(=O)CN1C[C@H](c2ccc3c(c2)OCCO3)C(C(=O)O)[C@@H]1c1ccc(OCCO)cc1. The Bertz CT molecular complexity index is 1440. The second-order valence-electron chi connectivity index (χ2n) is 10.7. The van der Waals surface area contributed by atoms with Gasteiger partial charge >= 0.3 is 5.97 Å². The van der Waals surface area contributed by atoms with Gasteiger partial charge in [0.05, 0.1) is 19.1 Å². The fourth-order valence-corrected chi connectivity index (χ4v) is 6.15. The second-order valence-corrected chi connectivity index (χ2v) is 10.7.